The molecule has 5 rings (SSSR count). The Bertz CT molecular complexity index is 2740. The molecule has 1 saturated heterocycles. The second-order valence-corrected chi connectivity index (χ2v) is 19.0. The predicted octanol–water partition coefficient (Wildman–Crippen LogP) is -1.69. The summed E-state index contributed by atoms with van der Waals surface area (Å²) in [4.78, 5) is 129. The summed E-state index contributed by atoms with van der Waals surface area (Å²) in [6, 6.07) is 15.0. The number of guanidine groups is 2. The highest BCUT2D eigenvalue weighted by Gasteiger charge is 2.35. The van der Waals surface area contributed by atoms with Crippen LogP contribution in [0.2, 0.25) is 0 Å². The molecular weight excluding hydrogens is 1000 g/mol. The number of hydrogen-bond acceptors (Lipinski definition) is 11. The zero-order valence-corrected chi connectivity index (χ0v) is 43.5. The van der Waals surface area contributed by atoms with Gasteiger partial charge in [-0.2, -0.15) is 0 Å². The highest BCUT2D eigenvalue weighted by molar-refractivity contribution is 5.99. The van der Waals surface area contributed by atoms with E-state index in [2.05, 4.69) is 58.2 Å². The fourth-order valence-electron chi connectivity index (χ4n) is 8.78. The summed E-state index contributed by atoms with van der Waals surface area (Å²) in [5, 5.41) is 42.7. The molecule has 1 fully saturated rings. The molecule has 1 aliphatic heterocycles. The molecule has 1 aromatic heterocycles. The molecular formula is C53H72N16O9. The molecule has 19 N–H and O–H groups in total. The number of aromatic nitrogens is 1. The Labute approximate surface area is 451 Å². The fourth-order valence-corrected chi connectivity index (χ4v) is 8.78. The number of benzene rings is 3. The number of nitrogens with two attached hydrogens (primary N) is 3. The van der Waals surface area contributed by atoms with Gasteiger partial charge in [-0.25, -0.2) is 0 Å². The van der Waals surface area contributed by atoms with Gasteiger partial charge in [-0.3, -0.25) is 54.0 Å². The summed E-state index contributed by atoms with van der Waals surface area (Å²) < 4.78 is 0. The van der Waals surface area contributed by atoms with Crippen LogP contribution in [-0.2, 0) is 62.4 Å². The standard InChI is InChI=1S/C53H72N16O9/c1-31(70)63-38(21-12-24-60-52(55)56)46(73)69-43-29-44(71)59-23-11-10-20-37(45(54)72)64-50(77)42(28-34-30-62-36-19-9-8-18-35(34)36)68-47(74)39(22-13-25-61-53(57)58)65-48(75)40(26-32-14-4-2-5-15-32)66-49(76)41(67-51(43)78)27-33-16-6-3-7-17-33/h2-9,14-19,30,37-43,62H,10-13,20-29H2,1H3,(H2,54,72)(H,59,71)(H,63,70)(H,64,77)(H,65,75)(H,66,76)(H,67,78)(H,68,74)(H,69,73)(H4,55,56,60)(H4,57,58,61)/t37-,38-,39-,40+,41-,42-,43-/m0/s1. The van der Waals surface area contributed by atoms with E-state index in [1.54, 1.807) is 66.9 Å². The van der Waals surface area contributed by atoms with Gasteiger partial charge >= 0.3 is 0 Å². The Balaban J connectivity index is 1.55. The third kappa shape index (κ3) is 19.9. The van der Waals surface area contributed by atoms with Crippen molar-refractivity contribution in [1.29, 1.82) is 10.8 Å². The third-order valence-electron chi connectivity index (χ3n) is 12.8. The molecule has 0 bridgehead atoms. The molecule has 0 saturated carbocycles. The van der Waals surface area contributed by atoms with Crippen molar-refractivity contribution in [3.05, 3.63) is 108 Å². The van der Waals surface area contributed by atoms with Gasteiger partial charge in [-0.15, -0.1) is 0 Å². The SMILES string of the molecule is CC(=O)N[C@@H](CCCNC(=N)N)C(=O)N[C@H]1CC(=O)NCCCC[C@@H](C(N)=O)NC(=O)[C@H](Cc2c[nH]c3ccccc23)NC(=O)[C@H](CCCNC(=N)N)NC(=O)[C@@H](Cc2ccccc2)NC(=O)[C@H](Cc2ccccc2)NC1=O. The van der Waals surface area contributed by atoms with E-state index in [1.165, 1.54) is 6.92 Å². The second-order valence-electron chi connectivity index (χ2n) is 19.0. The summed E-state index contributed by atoms with van der Waals surface area (Å²) >= 11 is 0. The summed E-state index contributed by atoms with van der Waals surface area (Å²) in [6.07, 6.45) is 1.66. The highest BCUT2D eigenvalue weighted by Crippen LogP contribution is 2.20. The molecule has 4 aromatic rings. The molecule has 0 spiro atoms. The zero-order chi connectivity index (χ0) is 56.6. The van der Waals surface area contributed by atoms with Crippen molar-refractivity contribution in [2.45, 2.75) is 120 Å². The largest absolute Gasteiger partial charge is 0.370 e. The number of rotatable bonds is 18. The average molecular weight is 1080 g/mol. The smallest absolute Gasteiger partial charge is 0.243 e. The van der Waals surface area contributed by atoms with Gasteiger partial charge in [-0.1, -0.05) is 78.9 Å². The first kappa shape index (κ1) is 59.8. The van der Waals surface area contributed by atoms with Gasteiger partial charge in [-0.05, 0) is 67.7 Å². The van der Waals surface area contributed by atoms with Crippen molar-refractivity contribution < 1.29 is 43.2 Å². The van der Waals surface area contributed by atoms with E-state index in [-0.39, 0.29) is 95.8 Å². The quantitative estimate of drug-likeness (QED) is 0.0301. The number of H-pyrrole nitrogens is 1. The monoisotopic (exact) mass is 1080 g/mol. The van der Waals surface area contributed by atoms with Crippen LogP contribution in [0, 0.1) is 10.8 Å². The fraction of sp³-hybridized carbons (Fsp3) is 0.415. The molecule has 0 aliphatic carbocycles. The number of fused-ring (bicyclic) bond motifs is 1. The normalized spacial score (nSPS) is 20.7. The summed E-state index contributed by atoms with van der Waals surface area (Å²) in [5.74, 6) is -7.79. The number of carbonyl (C=O) groups is 9. The molecule has 1 aliphatic rings. The maximum Gasteiger partial charge on any atom is 0.243 e. The van der Waals surface area contributed by atoms with Gasteiger partial charge in [0, 0.05) is 62.9 Å². The minimum atomic E-state index is -1.64. The molecule has 3 aromatic carbocycles. The molecule has 0 radical (unpaired) electrons. The van der Waals surface area contributed by atoms with Crippen LogP contribution in [-0.4, -0.2) is 132 Å². The Morgan fingerprint density at radius 1 is 0.641 bits per heavy atom. The number of nitrogens with one attached hydrogen (secondary N) is 13. The van der Waals surface area contributed by atoms with Crippen LogP contribution in [0.1, 0.15) is 75.0 Å². The van der Waals surface area contributed by atoms with Crippen molar-refractivity contribution in [2.75, 3.05) is 19.6 Å². The van der Waals surface area contributed by atoms with Crippen LogP contribution in [0.25, 0.3) is 10.9 Å². The molecule has 25 heteroatoms. The Kier molecular flexibility index (Phi) is 23.4. The Hall–Kier alpha value is -9.03. The number of amides is 9. The van der Waals surface area contributed by atoms with E-state index in [1.807, 2.05) is 24.3 Å². The first-order valence-electron chi connectivity index (χ1n) is 25.8. The van der Waals surface area contributed by atoms with Gasteiger partial charge in [0.2, 0.25) is 53.2 Å². The van der Waals surface area contributed by atoms with Gasteiger partial charge in [0.1, 0.15) is 42.3 Å². The van der Waals surface area contributed by atoms with Crippen molar-refractivity contribution in [3.63, 3.8) is 0 Å². The minimum absolute atomic E-state index is 0.0175. The lowest BCUT2D eigenvalue weighted by atomic mass is 10.0. The lowest BCUT2D eigenvalue weighted by Gasteiger charge is -2.28. The number of primary amides is 1. The van der Waals surface area contributed by atoms with Crippen LogP contribution >= 0.6 is 0 Å². The second kappa shape index (κ2) is 30.5. The topological polar surface area (TPSA) is 415 Å². The van der Waals surface area contributed by atoms with Crippen LogP contribution < -0.4 is 70.4 Å². The first-order chi connectivity index (χ1) is 37.4. The van der Waals surface area contributed by atoms with Crippen LogP contribution in [0.3, 0.4) is 0 Å². The van der Waals surface area contributed by atoms with Gasteiger partial charge in [0.05, 0.1) is 6.42 Å². The molecule has 0 unspecified atom stereocenters. The van der Waals surface area contributed by atoms with E-state index in [0.29, 0.717) is 16.7 Å². The van der Waals surface area contributed by atoms with E-state index in [4.69, 9.17) is 28.0 Å². The maximum atomic E-state index is 14.8. The Morgan fingerprint density at radius 3 is 1.76 bits per heavy atom. The lowest BCUT2D eigenvalue weighted by Crippen LogP contribution is -2.61. The van der Waals surface area contributed by atoms with Crippen LogP contribution in [0.15, 0.2) is 91.1 Å². The van der Waals surface area contributed by atoms with E-state index in [0.717, 1.165) is 10.9 Å². The van der Waals surface area contributed by atoms with Crippen molar-refractivity contribution in [2.24, 2.45) is 17.2 Å². The minimum Gasteiger partial charge on any atom is -0.370 e. The first-order valence-corrected chi connectivity index (χ1v) is 25.8. The summed E-state index contributed by atoms with van der Waals surface area (Å²) in [6.45, 7) is 1.51. The number of hydrogen-bond donors (Lipinski definition) is 16. The molecule has 2 heterocycles. The number of para-hydroxylation sites is 1. The van der Waals surface area contributed by atoms with Crippen molar-refractivity contribution in [1.82, 2.24) is 58.2 Å². The average Bonchev–Trinajstić information content (AvgIpc) is 3.82. The van der Waals surface area contributed by atoms with Crippen molar-refractivity contribution in [3.8, 4) is 0 Å². The lowest BCUT2D eigenvalue weighted by molar-refractivity contribution is -0.136. The molecule has 25 nitrogen and oxygen atoms in total. The van der Waals surface area contributed by atoms with Gasteiger partial charge < -0.3 is 75.4 Å². The summed E-state index contributed by atoms with van der Waals surface area (Å²) in [5.41, 5.74) is 19.4. The number of carbonyl (C=O) groups excluding carboxylic acids is 9. The number of aromatic amines is 1. The third-order valence-corrected chi connectivity index (χ3v) is 12.8. The van der Waals surface area contributed by atoms with E-state index >= 15 is 0 Å². The predicted molar refractivity (Wildman–Crippen MR) is 290 cm³/mol. The highest BCUT2D eigenvalue weighted by atomic mass is 16.2. The molecule has 7 atom stereocenters. The van der Waals surface area contributed by atoms with E-state index < -0.39 is 102 Å². The van der Waals surface area contributed by atoms with Crippen LogP contribution in [0.5, 0.6) is 0 Å². The van der Waals surface area contributed by atoms with Gasteiger partial charge in [0.15, 0.2) is 11.9 Å². The van der Waals surface area contributed by atoms with Gasteiger partial charge in [0.25, 0.3) is 0 Å². The molecule has 9 amide bonds. The van der Waals surface area contributed by atoms with Crippen LogP contribution in [0.4, 0.5) is 0 Å². The summed E-state index contributed by atoms with van der Waals surface area (Å²) in [7, 11) is 0. The zero-order valence-electron chi connectivity index (χ0n) is 43.5. The molecule has 418 valence electrons. The maximum absolute atomic E-state index is 14.8. The Morgan fingerprint density at radius 2 is 1.17 bits per heavy atom. The van der Waals surface area contributed by atoms with E-state index in [9.17, 15) is 43.2 Å². The molecule has 78 heavy (non-hydrogen) atoms. The van der Waals surface area contributed by atoms with Crippen molar-refractivity contribution >= 4 is 76.0 Å².